The number of para-hydroxylation sites is 1. The number of guanidine groups is 1. The Balaban J connectivity index is 1.42. The molecule has 0 spiro atoms. The number of carbonyl (C=O) groups is 6. The first-order valence-corrected chi connectivity index (χ1v) is 22.1. The van der Waals surface area contributed by atoms with Gasteiger partial charge in [-0.3, -0.25) is 43.9 Å². The number of nitrogens with one attached hydrogen (secondary N) is 6. The molecule has 1 aliphatic carbocycles. The summed E-state index contributed by atoms with van der Waals surface area (Å²) in [4.78, 5) is 103. The predicted molar refractivity (Wildman–Crippen MR) is 241 cm³/mol. The highest BCUT2D eigenvalue weighted by atomic mass is 32.2. The lowest BCUT2D eigenvalue weighted by molar-refractivity contribution is -0.384. The third-order valence-corrected chi connectivity index (χ3v) is 12.5. The molecule has 2 aliphatic rings. The number of nitro benzene ring substituents is 1. The summed E-state index contributed by atoms with van der Waals surface area (Å²) < 4.78 is 0. The van der Waals surface area contributed by atoms with Crippen molar-refractivity contribution in [3.05, 3.63) is 106 Å². The fourth-order valence-electron chi connectivity index (χ4n) is 8.00. The third-order valence-electron chi connectivity index (χ3n) is 11.4. The van der Waals surface area contributed by atoms with E-state index in [2.05, 4.69) is 36.6 Å². The van der Waals surface area contributed by atoms with Crippen molar-refractivity contribution in [2.75, 3.05) is 12.3 Å². The molecular weight excluding hydrogens is 843 g/mol. The number of carbonyl (C=O) groups excluding carboxylic acids is 6. The lowest BCUT2D eigenvalue weighted by atomic mass is 9.96. The molecule has 1 aromatic heterocycles. The van der Waals surface area contributed by atoms with Crippen molar-refractivity contribution < 1.29 is 33.7 Å². The maximum atomic E-state index is 14.5. The van der Waals surface area contributed by atoms with Crippen LogP contribution in [0.15, 0.2) is 88.9 Å². The number of nitrogens with two attached hydrogens (primary N) is 3. The molecule has 4 aromatic rings. The van der Waals surface area contributed by atoms with E-state index < -0.39 is 76.3 Å². The number of aromatic nitrogens is 1. The molecule has 1 fully saturated rings. The number of nitrogens with zero attached hydrogens (tertiary/aromatic N) is 2. The van der Waals surface area contributed by atoms with Gasteiger partial charge in [-0.2, -0.15) is 0 Å². The maximum absolute atomic E-state index is 14.5. The second kappa shape index (κ2) is 21.9. The fourth-order valence-corrected chi connectivity index (χ4v) is 9.07. The summed E-state index contributed by atoms with van der Waals surface area (Å²) in [5, 5.41) is 26.6. The summed E-state index contributed by atoms with van der Waals surface area (Å²) in [6, 6.07) is 13.5. The number of primary amides is 1. The van der Waals surface area contributed by atoms with Crippen LogP contribution in [0.3, 0.4) is 0 Å². The SMILES string of the molecule is NC(=O)C1CSc2ccc([N+](=O)[O-])cc2C(=O)NC(CC2CCCC2)C(=O)NC(Cc2ccccc2)C(=O)NC(CCCN=C(N)N)C(=O)NC(Cc2c[nH]c3ccccc23)C(=O)N1. The largest absolute Gasteiger partial charge is 0.370 e. The molecule has 0 bridgehead atoms. The van der Waals surface area contributed by atoms with Gasteiger partial charge in [0.25, 0.3) is 11.6 Å². The fraction of sp³-hybridized carbons (Fsp3) is 0.386. The zero-order chi connectivity index (χ0) is 45.8. The molecule has 12 N–H and O–H groups in total. The monoisotopic (exact) mass is 895 g/mol. The second-order valence-corrected chi connectivity index (χ2v) is 17.1. The van der Waals surface area contributed by atoms with Crippen molar-refractivity contribution in [3.8, 4) is 0 Å². The number of amides is 6. The van der Waals surface area contributed by atoms with Crippen LogP contribution >= 0.6 is 11.8 Å². The lowest BCUT2D eigenvalue weighted by Gasteiger charge is -2.27. The Hall–Kier alpha value is -6.96. The molecule has 5 unspecified atom stereocenters. The van der Waals surface area contributed by atoms with Crippen LogP contribution in [0.5, 0.6) is 0 Å². The van der Waals surface area contributed by atoms with E-state index in [9.17, 15) is 38.9 Å². The van der Waals surface area contributed by atoms with Crippen molar-refractivity contribution >= 4 is 69.8 Å². The lowest BCUT2D eigenvalue weighted by Crippen LogP contribution is -2.60. The van der Waals surface area contributed by atoms with Crippen LogP contribution in [0.25, 0.3) is 10.9 Å². The van der Waals surface area contributed by atoms with Gasteiger partial charge in [0, 0.05) is 59.3 Å². The highest BCUT2D eigenvalue weighted by Crippen LogP contribution is 2.31. The topological polar surface area (TPSA) is 312 Å². The smallest absolute Gasteiger partial charge is 0.270 e. The molecule has 338 valence electrons. The molecule has 0 saturated heterocycles. The van der Waals surface area contributed by atoms with Crippen molar-refractivity contribution in [2.24, 2.45) is 28.1 Å². The minimum Gasteiger partial charge on any atom is -0.370 e. The molecule has 6 rings (SSSR count). The van der Waals surface area contributed by atoms with E-state index in [0.29, 0.717) is 11.1 Å². The van der Waals surface area contributed by atoms with Gasteiger partial charge < -0.3 is 48.8 Å². The van der Waals surface area contributed by atoms with Crippen LogP contribution in [0.1, 0.15) is 66.4 Å². The number of benzene rings is 3. The average Bonchev–Trinajstić information content (AvgIpc) is 3.95. The first kappa shape index (κ1) is 46.5. The third kappa shape index (κ3) is 12.6. The molecule has 19 nitrogen and oxygen atoms in total. The molecule has 2 heterocycles. The average molecular weight is 896 g/mol. The molecular formula is C44H53N11O8S. The Morgan fingerprint density at radius 1 is 0.766 bits per heavy atom. The minimum atomic E-state index is -1.36. The van der Waals surface area contributed by atoms with Gasteiger partial charge in [-0.1, -0.05) is 74.2 Å². The van der Waals surface area contributed by atoms with Crippen LogP contribution in [0, 0.1) is 16.0 Å². The maximum Gasteiger partial charge on any atom is 0.270 e. The van der Waals surface area contributed by atoms with E-state index in [0.717, 1.165) is 54.4 Å². The van der Waals surface area contributed by atoms with E-state index in [4.69, 9.17) is 17.2 Å². The Labute approximate surface area is 373 Å². The molecule has 5 atom stereocenters. The zero-order valence-corrected chi connectivity index (χ0v) is 35.9. The quantitative estimate of drug-likeness (QED) is 0.0325. The zero-order valence-electron chi connectivity index (χ0n) is 35.0. The number of hydrogen-bond acceptors (Lipinski definition) is 10. The summed E-state index contributed by atoms with van der Waals surface area (Å²) in [6.45, 7) is 0.109. The summed E-state index contributed by atoms with van der Waals surface area (Å²) in [7, 11) is 0. The van der Waals surface area contributed by atoms with Crippen LogP contribution in [-0.4, -0.2) is 93.8 Å². The number of aromatic amines is 1. The van der Waals surface area contributed by atoms with Crippen LogP contribution in [0.4, 0.5) is 5.69 Å². The Morgan fingerprint density at radius 3 is 2.11 bits per heavy atom. The van der Waals surface area contributed by atoms with Crippen LogP contribution in [-0.2, 0) is 36.8 Å². The summed E-state index contributed by atoms with van der Waals surface area (Å²) >= 11 is 0.941. The number of fused-ring (bicyclic) bond motifs is 2. The van der Waals surface area contributed by atoms with Gasteiger partial charge in [0.1, 0.15) is 30.2 Å². The molecule has 20 heteroatoms. The van der Waals surface area contributed by atoms with Crippen molar-refractivity contribution in [1.29, 1.82) is 0 Å². The van der Waals surface area contributed by atoms with E-state index in [1.54, 1.807) is 36.5 Å². The Bertz CT molecular complexity index is 2380. The van der Waals surface area contributed by atoms with Gasteiger partial charge >= 0.3 is 0 Å². The van der Waals surface area contributed by atoms with Crippen LogP contribution < -0.4 is 43.8 Å². The van der Waals surface area contributed by atoms with Crippen molar-refractivity contribution in [1.82, 2.24) is 31.6 Å². The van der Waals surface area contributed by atoms with Gasteiger partial charge in [-0.05, 0) is 48.4 Å². The number of hydrogen-bond donors (Lipinski definition) is 9. The van der Waals surface area contributed by atoms with Crippen molar-refractivity contribution in [2.45, 2.75) is 92.9 Å². The van der Waals surface area contributed by atoms with Gasteiger partial charge in [-0.15, -0.1) is 11.8 Å². The first-order valence-electron chi connectivity index (χ1n) is 21.1. The molecule has 6 amide bonds. The summed E-state index contributed by atoms with van der Waals surface area (Å²) in [5.41, 5.74) is 18.5. The van der Waals surface area contributed by atoms with Gasteiger partial charge in [0.15, 0.2) is 5.96 Å². The molecule has 3 aromatic carbocycles. The van der Waals surface area contributed by atoms with Crippen molar-refractivity contribution in [3.63, 3.8) is 0 Å². The molecule has 1 aliphatic heterocycles. The molecule has 0 radical (unpaired) electrons. The normalized spacial score (nSPS) is 21.8. The molecule has 1 saturated carbocycles. The number of rotatable bonds is 12. The summed E-state index contributed by atoms with van der Waals surface area (Å²) in [5.74, 6) is -4.99. The number of thioether (sulfide) groups is 1. The second-order valence-electron chi connectivity index (χ2n) is 16.0. The van der Waals surface area contributed by atoms with E-state index in [1.165, 1.54) is 12.1 Å². The van der Waals surface area contributed by atoms with Gasteiger partial charge in [0.05, 0.1) is 10.5 Å². The first-order chi connectivity index (χ1) is 30.7. The highest BCUT2D eigenvalue weighted by molar-refractivity contribution is 7.99. The van der Waals surface area contributed by atoms with Gasteiger partial charge in [0.2, 0.25) is 29.5 Å². The number of H-pyrrole nitrogens is 1. The van der Waals surface area contributed by atoms with E-state index in [1.807, 2.05) is 24.3 Å². The predicted octanol–water partition coefficient (Wildman–Crippen LogP) is 1.82. The number of aliphatic imine (C=N–C) groups is 1. The number of non-ortho nitro benzene ring substituents is 1. The van der Waals surface area contributed by atoms with Crippen LogP contribution in [0.2, 0.25) is 0 Å². The number of nitro groups is 1. The Morgan fingerprint density at radius 2 is 1.41 bits per heavy atom. The van der Waals surface area contributed by atoms with E-state index >= 15 is 0 Å². The van der Waals surface area contributed by atoms with Gasteiger partial charge in [-0.25, -0.2) is 0 Å². The molecule has 64 heavy (non-hydrogen) atoms. The highest BCUT2D eigenvalue weighted by Gasteiger charge is 2.35. The standard InChI is InChI=1S/C44H53N11O8S/c45-38(56)36-24-64-37-17-16-28(55(62)63)22-30(37)39(57)51-33(19-26-11-4-5-12-26)42(60)52-34(20-25-9-2-1-3-10-25)41(59)50-32(15-8-18-48-44(46)47)40(58)53-35(43(61)54-36)21-27-23-49-31-14-7-6-13-29(27)31/h1-3,6-7,9-10,13-14,16-17,22-23,26,32-36,49H,4-5,8,11-12,15,18-21,24H2,(H2,45,56)(H,50,59)(H,51,57)(H,52,60)(H,53,58)(H,54,61)(H4,46,47,48). The minimum absolute atomic E-state index is 0.00336. The Kier molecular flexibility index (Phi) is 15.9. The summed E-state index contributed by atoms with van der Waals surface area (Å²) in [6.07, 6.45) is 5.58. The van der Waals surface area contributed by atoms with E-state index in [-0.39, 0.29) is 66.7 Å².